The van der Waals surface area contributed by atoms with E-state index in [9.17, 15) is 14.4 Å². The van der Waals surface area contributed by atoms with Gasteiger partial charge in [-0.05, 0) is 44.7 Å². The molecule has 1 aromatic carbocycles. The number of hydrogen-bond donors (Lipinski definition) is 1. The molecule has 6 nitrogen and oxygen atoms in total. The Labute approximate surface area is 161 Å². The minimum atomic E-state index is -0.0802. The fourth-order valence-corrected chi connectivity index (χ4v) is 3.14. The maximum absolute atomic E-state index is 12.3. The lowest BCUT2D eigenvalue weighted by molar-refractivity contribution is -0.132. The van der Waals surface area contributed by atoms with Gasteiger partial charge in [-0.3, -0.25) is 9.59 Å². The van der Waals surface area contributed by atoms with E-state index in [0.717, 1.165) is 24.2 Å². The first-order valence-corrected chi connectivity index (χ1v) is 9.70. The lowest BCUT2D eigenvalue weighted by Crippen LogP contribution is -2.46. The summed E-state index contributed by atoms with van der Waals surface area (Å²) >= 11 is 0. The van der Waals surface area contributed by atoms with Crippen LogP contribution in [0, 0.1) is 6.92 Å². The van der Waals surface area contributed by atoms with Gasteiger partial charge >= 0.3 is 0 Å². The predicted molar refractivity (Wildman–Crippen MR) is 104 cm³/mol. The highest BCUT2D eigenvalue weighted by Crippen LogP contribution is 2.17. The Balaban J connectivity index is 1.61. The summed E-state index contributed by atoms with van der Waals surface area (Å²) in [6.45, 7) is 5.34. The van der Waals surface area contributed by atoms with Gasteiger partial charge in [-0.25, -0.2) is 0 Å². The average Bonchev–Trinajstić information content (AvgIpc) is 2.65. The fourth-order valence-electron chi connectivity index (χ4n) is 3.14. The van der Waals surface area contributed by atoms with Gasteiger partial charge in [-0.2, -0.15) is 0 Å². The predicted octanol–water partition coefficient (Wildman–Crippen LogP) is 2.63. The number of carbonyl (C=O) groups excluding carboxylic acids is 3. The zero-order valence-corrected chi connectivity index (χ0v) is 16.3. The highest BCUT2D eigenvalue weighted by atomic mass is 16.5. The highest BCUT2D eigenvalue weighted by Gasteiger charge is 2.23. The summed E-state index contributed by atoms with van der Waals surface area (Å²) in [6.07, 6.45) is 3.22. The van der Waals surface area contributed by atoms with E-state index in [0.29, 0.717) is 32.5 Å². The molecule has 0 bridgehead atoms. The number of Topliss-reactive ketones (excluding diaryl/α,β-unsaturated/α-hetero) is 1. The molecule has 1 N–H and O–H groups in total. The molecule has 0 atom stereocenters. The van der Waals surface area contributed by atoms with E-state index >= 15 is 0 Å². The number of piperidine rings is 1. The molecule has 0 spiro atoms. The molecule has 2 amide bonds. The number of ketones is 1. The molecule has 1 heterocycles. The molecule has 0 radical (unpaired) electrons. The Kier molecular flexibility index (Phi) is 8.30. The molecule has 1 saturated heterocycles. The Morgan fingerprint density at radius 1 is 1.11 bits per heavy atom. The number of nitrogens with one attached hydrogen (secondary N) is 1. The van der Waals surface area contributed by atoms with Gasteiger partial charge in [0.05, 0.1) is 6.61 Å². The van der Waals surface area contributed by atoms with Crippen molar-refractivity contribution in [2.75, 3.05) is 19.7 Å². The largest absolute Gasteiger partial charge is 0.493 e. The summed E-state index contributed by atoms with van der Waals surface area (Å²) in [5.41, 5.74) is 1.09. The van der Waals surface area contributed by atoms with Crippen LogP contribution in [0.15, 0.2) is 24.3 Å². The minimum absolute atomic E-state index is 0.0250. The topological polar surface area (TPSA) is 75.7 Å². The Hall–Kier alpha value is -2.37. The standard InChI is InChI=1S/C21H30N2O4/c1-16-6-3-4-7-19(16)27-15-5-8-21(26)23-13-11-18(12-14-23)22-20(25)10-9-17(2)24/h3-4,6-7,18H,5,8-15H2,1-2H3,(H,22,25). The van der Waals surface area contributed by atoms with Crippen LogP contribution in [0.25, 0.3) is 0 Å². The third-order valence-corrected chi connectivity index (χ3v) is 4.80. The quantitative estimate of drug-likeness (QED) is 0.674. The number of carbonyl (C=O) groups is 3. The molecule has 1 aliphatic rings. The molecular formula is C21H30N2O4. The molecular weight excluding hydrogens is 344 g/mol. The van der Waals surface area contributed by atoms with Crippen molar-refractivity contribution in [3.8, 4) is 5.75 Å². The van der Waals surface area contributed by atoms with Crippen molar-refractivity contribution in [3.63, 3.8) is 0 Å². The normalized spacial score (nSPS) is 14.7. The third kappa shape index (κ3) is 7.41. The third-order valence-electron chi connectivity index (χ3n) is 4.80. The molecule has 1 aromatic rings. The van der Waals surface area contributed by atoms with Gasteiger partial charge in [0.1, 0.15) is 11.5 Å². The second-order valence-corrected chi connectivity index (χ2v) is 7.14. The number of benzene rings is 1. The number of likely N-dealkylation sites (tertiary alicyclic amines) is 1. The lowest BCUT2D eigenvalue weighted by Gasteiger charge is -2.32. The van der Waals surface area contributed by atoms with Crippen molar-refractivity contribution in [2.45, 2.75) is 58.4 Å². The maximum Gasteiger partial charge on any atom is 0.222 e. The van der Waals surface area contributed by atoms with Crippen molar-refractivity contribution in [3.05, 3.63) is 29.8 Å². The highest BCUT2D eigenvalue weighted by molar-refractivity contribution is 5.83. The van der Waals surface area contributed by atoms with Gasteiger partial charge < -0.3 is 19.7 Å². The molecule has 27 heavy (non-hydrogen) atoms. The van der Waals surface area contributed by atoms with Crippen LogP contribution in [0.5, 0.6) is 5.75 Å². The number of ether oxygens (including phenoxy) is 1. The number of amides is 2. The number of rotatable bonds is 9. The Bertz CT molecular complexity index is 651. The van der Waals surface area contributed by atoms with E-state index in [1.807, 2.05) is 36.1 Å². The second kappa shape index (κ2) is 10.7. The number of nitrogens with zero attached hydrogens (tertiary/aromatic N) is 1. The second-order valence-electron chi connectivity index (χ2n) is 7.14. The molecule has 6 heteroatoms. The zero-order chi connectivity index (χ0) is 19.6. The molecule has 148 valence electrons. The summed E-state index contributed by atoms with van der Waals surface area (Å²) < 4.78 is 5.73. The van der Waals surface area contributed by atoms with Crippen molar-refractivity contribution in [2.24, 2.45) is 0 Å². The monoisotopic (exact) mass is 374 g/mol. The maximum atomic E-state index is 12.3. The van der Waals surface area contributed by atoms with E-state index in [4.69, 9.17) is 4.74 Å². The van der Waals surface area contributed by atoms with Gasteiger partial charge in [-0.15, -0.1) is 0 Å². The SMILES string of the molecule is CC(=O)CCC(=O)NC1CCN(C(=O)CCCOc2ccccc2C)CC1. The first-order chi connectivity index (χ1) is 13.0. The van der Waals surface area contributed by atoms with E-state index < -0.39 is 0 Å². The van der Waals surface area contributed by atoms with Crippen LogP contribution in [-0.4, -0.2) is 48.2 Å². The number of para-hydroxylation sites is 1. The zero-order valence-electron chi connectivity index (χ0n) is 16.3. The van der Waals surface area contributed by atoms with Crippen LogP contribution < -0.4 is 10.1 Å². The Morgan fingerprint density at radius 3 is 2.48 bits per heavy atom. The lowest BCUT2D eigenvalue weighted by atomic mass is 10.0. The summed E-state index contributed by atoms with van der Waals surface area (Å²) in [5, 5.41) is 2.96. The molecule has 0 unspecified atom stereocenters. The van der Waals surface area contributed by atoms with Crippen molar-refractivity contribution in [1.82, 2.24) is 10.2 Å². The molecule has 0 aliphatic carbocycles. The van der Waals surface area contributed by atoms with Crippen LogP contribution in [0.2, 0.25) is 0 Å². The minimum Gasteiger partial charge on any atom is -0.493 e. The summed E-state index contributed by atoms with van der Waals surface area (Å²) in [5.74, 6) is 0.955. The molecule has 1 fully saturated rings. The first kappa shape index (κ1) is 20.9. The number of aryl methyl sites for hydroxylation is 1. The van der Waals surface area contributed by atoms with E-state index in [-0.39, 0.29) is 36.5 Å². The smallest absolute Gasteiger partial charge is 0.222 e. The van der Waals surface area contributed by atoms with Crippen molar-refractivity contribution in [1.29, 1.82) is 0 Å². The fraction of sp³-hybridized carbons (Fsp3) is 0.571. The average molecular weight is 374 g/mol. The molecule has 1 aliphatic heterocycles. The van der Waals surface area contributed by atoms with Crippen LogP contribution >= 0.6 is 0 Å². The van der Waals surface area contributed by atoms with E-state index in [2.05, 4.69) is 5.32 Å². The van der Waals surface area contributed by atoms with Gasteiger partial charge in [0, 0.05) is 38.4 Å². The van der Waals surface area contributed by atoms with Crippen LogP contribution in [0.1, 0.15) is 51.0 Å². The summed E-state index contributed by atoms with van der Waals surface area (Å²) in [4.78, 5) is 36.9. The van der Waals surface area contributed by atoms with E-state index in [1.54, 1.807) is 0 Å². The van der Waals surface area contributed by atoms with Gasteiger partial charge in [0.15, 0.2) is 0 Å². The van der Waals surface area contributed by atoms with Crippen LogP contribution in [-0.2, 0) is 14.4 Å². The molecule has 0 aromatic heterocycles. The first-order valence-electron chi connectivity index (χ1n) is 9.70. The number of hydrogen-bond acceptors (Lipinski definition) is 4. The van der Waals surface area contributed by atoms with Crippen LogP contribution in [0.4, 0.5) is 0 Å². The van der Waals surface area contributed by atoms with E-state index in [1.165, 1.54) is 6.92 Å². The summed E-state index contributed by atoms with van der Waals surface area (Å²) in [6, 6.07) is 7.95. The van der Waals surface area contributed by atoms with Gasteiger partial charge in [0.25, 0.3) is 0 Å². The molecule has 2 rings (SSSR count). The summed E-state index contributed by atoms with van der Waals surface area (Å²) in [7, 11) is 0. The van der Waals surface area contributed by atoms with Crippen molar-refractivity contribution >= 4 is 17.6 Å². The van der Waals surface area contributed by atoms with Gasteiger partial charge in [0.2, 0.25) is 11.8 Å². The molecule has 0 saturated carbocycles. The van der Waals surface area contributed by atoms with Crippen LogP contribution in [0.3, 0.4) is 0 Å². The van der Waals surface area contributed by atoms with Gasteiger partial charge in [-0.1, -0.05) is 18.2 Å². The Morgan fingerprint density at radius 2 is 1.81 bits per heavy atom. The van der Waals surface area contributed by atoms with Crippen molar-refractivity contribution < 1.29 is 19.1 Å².